The Morgan fingerprint density at radius 3 is 2.73 bits per heavy atom. The first kappa shape index (κ1) is 18.1. The minimum Gasteiger partial charge on any atom is -0.508 e. The SMILES string of the molecule is COC(=O)C(CNc1ncnc2ccc(Br)cc12)Cc1ccc(O)cc1. The Morgan fingerprint density at radius 1 is 1.23 bits per heavy atom. The smallest absolute Gasteiger partial charge is 0.310 e. The molecule has 0 fully saturated rings. The second kappa shape index (κ2) is 8.14. The van der Waals surface area contributed by atoms with Gasteiger partial charge < -0.3 is 15.2 Å². The van der Waals surface area contributed by atoms with Gasteiger partial charge in [-0.15, -0.1) is 0 Å². The van der Waals surface area contributed by atoms with Crippen molar-refractivity contribution in [1.82, 2.24) is 9.97 Å². The van der Waals surface area contributed by atoms with E-state index < -0.39 is 0 Å². The maximum absolute atomic E-state index is 12.2. The number of anilines is 1. The molecule has 1 unspecified atom stereocenters. The largest absolute Gasteiger partial charge is 0.508 e. The number of hydrogen-bond acceptors (Lipinski definition) is 6. The number of aromatic hydroxyl groups is 1. The number of ether oxygens (including phenoxy) is 1. The van der Waals surface area contributed by atoms with Crippen LogP contribution >= 0.6 is 15.9 Å². The van der Waals surface area contributed by atoms with Gasteiger partial charge in [-0.2, -0.15) is 0 Å². The Bertz CT molecular complexity index is 916. The molecule has 0 aliphatic carbocycles. The zero-order valence-electron chi connectivity index (χ0n) is 14.1. The first-order valence-corrected chi connectivity index (χ1v) is 8.86. The zero-order valence-corrected chi connectivity index (χ0v) is 15.7. The predicted molar refractivity (Wildman–Crippen MR) is 103 cm³/mol. The van der Waals surface area contributed by atoms with Crippen molar-refractivity contribution in [2.24, 2.45) is 5.92 Å². The van der Waals surface area contributed by atoms with Crippen LogP contribution in [0.4, 0.5) is 5.82 Å². The van der Waals surface area contributed by atoms with Crippen LogP contribution in [0.15, 0.2) is 53.3 Å². The molecule has 2 aromatic carbocycles. The Balaban J connectivity index is 1.78. The highest BCUT2D eigenvalue weighted by molar-refractivity contribution is 9.10. The van der Waals surface area contributed by atoms with Crippen molar-refractivity contribution in [2.45, 2.75) is 6.42 Å². The van der Waals surface area contributed by atoms with Gasteiger partial charge in [0.1, 0.15) is 17.9 Å². The van der Waals surface area contributed by atoms with Crippen molar-refractivity contribution in [2.75, 3.05) is 19.0 Å². The highest BCUT2D eigenvalue weighted by Gasteiger charge is 2.20. The van der Waals surface area contributed by atoms with E-state index in [2.05, 4.69) is 31.2 Å². The second-order valence-electron chi connectivity index (χ2n) is 5.86. The lowest BCUT2D eigenvalue weighted by molar-refractivity contribution is -0.144. The van der Waals surface area contributed by atoms with Crippen LogP contribution in [0.2, 0.25) is 0 Å². The van der Waals surface area contributed by atoms with E-state index in [1.54, 1.807) is 24.3 Å². The second-order valence-corrected chi connectivity index (χ2v) is 6.77. The Labute approximate surface area is 159 Å². The number of benzene rings is 2. The summed E-state index contributed by atoms with van der Waals surface area (Å²) in [5, 5.41) is 13.5. The first-order valence-electron chi connectivity index (χ1n) is 8.06. The molecule has 0 spiro atoms. The fourth-order valence-corrected chi connectivity index (χ4v) is 3.07. The van der Waals surface area contributed by atoms with Gasteiger partial charge in [-0.25, -0.2) is 9.97 Å². The van der Waals surface area contributed by atoms with Crippen molar-refractivity contribution < 1.29 is 14.6 Å². The van der Waals surface area contributed by atoms with Crippen LogP contribution in [0.5, 0.6) is 5.75 Å². The van der Waals surface area contributed by atoms with Crippen LogP contribution in [-0.2, 0) is 16.0 Å². The molecule has 0 radical (unpaired) electrons. The van der Waals surface area contributed by atoms with Crippen LogP contribution in [0.1, 0.15) is 5.56 Å². The zero-order chi connectivity index (χ0) is 18.5. The summed E-state index contributed by atoms with van der Waals surface area (Å²) in [5.74, 6) is 0.169. The molecule has 134 valence electrons. The lowest BCUT2D eigenvalue weighted by atomic mass is 9.99. The molecule has 2 N–H and O–H groups in total. The van der Waals surface area contributed by atoms with Gasteiger partial charge in [-0.3, -0.25) is 4.79 Å². The third kappa shape index (κ3) is 4.29. The predicted octanol–water partition coefficient (Wildman–Crippen LogP) is 3.54. The van der Waals surface area contributed by atoms with Gasteiger partial charge in [0.05, 0.1) is 18.5 Å². The normalized spacial score (nSPS) is 11.9. The van der Waals surface area contributed by atoms with E-state index >= 15 is 0 Å². The number of carbonyl (C=O) groups excluding carboxylic acids is 1. The van der Waals surface area contributed by atoms with Gasteiger partial charge in [-0.05, 0) is 42.3 Å². The fourth-order valence-electron chi connectivity index (χ4n) is 2.71. The quantitative estimate of drug-likeness (QED) is 0.598. The number of aromatic nitrogens is 2. The van der Waals surface area contributed by atoms with E-state index in [4.69, 9.17) is 4.74 Å². The molecule has 0 bridgehead atoms. The molecule has 1 atom stereocenters. The van der Waals surface area contributed by atoms with Crippen molar-refractivity contribution in [3.8, 4) is 5.75 Å². The maximum Gasteiger partial charge on any atom is 0.310 e. The number of hydrogen-bond donors (Lipinski definition) is 2. The van der Waals surface area contributed by atoms with E-state index in [-0.39, 0.29) is 17.6 Å². The van der Waals surface area contributed by atoms with E-state index in [0.717, 1.165) is 20.9 Å². The van der Waals surface area contributed by atoms with Crippen molar-refractivity contribution in [3.63, 3.8) is 0 Å². The average Bonchev–Trinajstić information content (AvgIpc) is 2.66. The summed E-state index contributed by atoms with van der Waals surface area (Å²) >= 11 is 3.45. The number of esters is 1. The van der Waals surface area contributed by atoms with Gasteiger partial charge in [0.25, 0.3) is 0 Å². The number of phenols is 1. The summed E-state index contributed by atoms with van der Waals surface area (Å²) in [7, 11) is 1.38. The molecule has 1 heterocycles. The summed E-state index contributed by atoms with van der Waals surface area (Å²) in [6.45, 7) is 0.367. The highest BCUT2D eigenvalue weighted by Crippen LogP contribution is 2.24. The van der Waals surface area contributed by atoms with E-state index in [9.17, 15) is 9.90 Å². The van der Waals surface area contributed by atoms with E-state index in [0.29, 0.717) is 18.8 Å². The van der Waals surface area contributed by atoms with E-state index in [1.807, 2.05) is 18.2 Å². The minimum atomic E-state index is -0.387. The summed E-state index contributed by atoms with van der Waals surface area (Å²) in [4.78, 5) is 20.7. The molecular formula is C19H18BrN3O3. The molecule has 0 aliphatic rings. The average molecular weight is 416 g/mol. The number of fused-ring (bicyclic) bond motifs is 1. The van der Waals surface area contributed by atoms with Crippen molar-refractivity contribution >= 4 is 38.6 Å². The molecule has 0 saturated heterocycles. The number of halogens is 1. The Morgan fingerprint density at radius 2 is 2.00 bits per heavy atom. The van der Waals surface area contributed by atoms with Gasteiger partial charge in [0.15, 0.2) is 0 Å². The van der Waals surface area contributed by atoms with Gasteiger partial charge >= 0.3 is 5.97 Å². The molecular weight excluding hydrogens is 398 g/mol. The van der Waals surface area contributed by atoms with Gasteiger partial charge in [0.2, 0.25) is 0 Å². The molecule has 0 amide bonds. The summed E-state index contributed by atoms with van der Waals surface area (Å²) < 4.78 is 5.86. The Hall–Kier alpha value is -2.67. The summed E-state index contributed by atoms with van der Waals surface area (Å²) in [6, 6.07) is 12.6. The van der Waals surface area contributed by atoms with Crippen molar-refractivity contribution in [1.29, 1.82) is 0 Å². The van der Waals surface area contributed by atoms with Crippen LogP contribution in [0.25, 0.3) is 10.9 Å². The van der Waals surface area contributed by atoms with Crippen LogP contribution < -0.4 is 5.32 Å². The highest BCUT2D eigenvalue weighted by atomic mass is 79.9. The lowest BCUT2D eigenvalue weighted by Crippen LogP contribution is -2.26. The maximum atomic E-state index is 12.2. The molecule has 0 saturated carbocycles. The standard InChI is InChI=1S/C19H18BrN3O3/c1-26-19(25)13(8-12-2-5-15(24)6-3-12)10-21-18-16-9-14(20)4-7-17(16)22-11-23-18/h2-7,9,11,13,24H,8,10H2,1H3,(H,21,22,23). The topological polar surface area (TPSA) is 84.3 Å². The number of carbonyl (C=O) groups is 1. The Kier molecular flexibility index (Phi) is 5.68. The number of methoxy groups -OCH3 is 1. The molecule has 3 rings (SSSR count). The third-order valence-corrected chi connectivity index (χ3v) is 4.56. The molecule has 1 aromatic heterocycles. The van der Waals surface area contributed by atoms with Crippen LogP contribution in [-0.4, -0.2) is 34.7 Å². The lowest BCUT2D eigenvalue weighted by Gasteiger charge is -2.16. The van der Waals surface area contributed by atoms with Crippen molar-refractivity contribution in [3.05, 3.63) is 58.8 Å². The molecule has 3 aromatic rings. The molecule has 0 aliphatic heterocycles. The van der Waals surface area contributed by atoms with E-state index in [1.165, 1.54) is 13.4 Å². The number of rotatable bonds is 6. The first-order chi connectivity index (χ1) is 12.6. The minimum absolute atomic E-state index is 0.194. The fraction of sp³-hybridized carbons (Fsp3) is 0.211. The van der Waals surface area contributed by atoms with Gasteiger partial charge in [0, 0.05) is 16.4 Å². The van der Waals surface area contributed by atoms with Crippen LogP contribution in [0.3, 0.4) is 0 Å². The molecule has 6 nitrogen and oxygen atoms in total. The van der Waals surface area contributed by atoms with Gasteiger partial charge in [-0.1, -0.05) is 28.1 Å². The number of nitrogens with one attached hydrogen (secondary N) is 1. The summed E-state index contributed by atoms with van der Waals surface area (Å²) in [5.41, 5.74) is 1.76. The monoisotopic (exact) mass is 415 g/mol. The summed E-state index contributed by atoms with van der Waals surface area (Å²) in [6.07, 6.45) is 1.98. The molecule has 26 heavy (non-hydrogen) atoms. The molecule has 7 heteroatoms. The van der Waals surface area contributed by atoms with Crippen LogP contribution in [0, 0.1) is 5.92 Å². The number of nitrogens with zero attached hydrogens (tertiary/aromatic N) is 2. The third-order valence-electron chi connectivity index (χ3n) is 4.07. The number of phenolic OH excluding ortho intramolecular Hbond substituents is 1.